The van der Waals surface area contributed by atoms with Gasteiger partial charge >= 0.3 is 0 Å². The first kappa shape index (κ1) is 8.74. The van der Waals surface area contributed by atoms with Gasteiger partial charge in [-0.25, -0.2) is 8.78 Å². The van der Waals surface area contributed by atoms with Crippen molar-refractivity contribution < 1.29 is 8.78 Å². The molecule has 0 bridgehead atoms. The van der Waals surface area contributed by atoms with Gasteiger partial charge in [-0.1, -0.05) is 24.3 Å². The van der Waals surface area contributed by atoms with Crippen molar-refractivity contribution in [3.05, 3.63) is 35.9 Å². The molecule has 0 saturated heterocycles. The predicted octanol–water partition coefficient (Wildman–Crippen LogP) is 2.28. The summed E-state index contributed by atoms with van der Waals surface area (Å²) in [6.07, 6.45) is 0. The molecule has 0 aromatic heterocycles. The van der Waals surface area contributed by atoms with Gasteiger partial charge in [-0.05, 0) is 0 Å². The van der Waals surface area contributed by atoms with Crippen LogP contribution in [-0.4, -0.2) is 0 Å². The fourth-order valence-electron chi connectivity index (χ4n) is 1.39. The van der Waals surface area contributed by atoms with Crippen molar-refractivity contribution in [3.63, 3.8) is 0 Å². The van der Waals surface area contributed by atoms with Crippen molar-refractivity contribution in [2.24, 2.45) is 0 Å². The maximum absolute atomic E-state index is 13.5. The number of halogens is 2. The van der Waals surface area contributed by atoms with Crippen LogP contribution in [0, 0.1) is 11.6 Å². The lowest BCUT2D eigenvalue weighted by molar-refractivity contribution is 0.625. The minimum absolute atomic E-state index is 0.150. The Morgan fingerprint density at radius 1 is 0.786 bits per heavy atom. The topological polar surface area (TPSA) is 52.0 Å². The lowest BCUT2D eigenvalue weighted by Gasteiger charge is -2.07. The van der Waals surface area contributed by atoms with E-state index in [9.17, 15) is 8.78 Å². The Morgan fingerprint density at radius 2 is 1.14 bits per heavy atom. The van der Waals surface area contributed by atoms with Crippen molar-refractivity contribution in [1.82, 2.24) is 0 Å². The van der Waals surface area contributed by atoms with E-state index < -0.39 is 11.6 Å². The van der Waals surface area contributed by atoms with E-state index in [1.807, 2.05) is 0 Å². The number of nitrogen functional groups attached to an aromatic ring is 2. The SMILES string of the molecule is Nc1c(N)c(F)c2ccccc2c1F. The van der Waals surface area contributed by atoms with Gasteiger partial charge in [-0.3, -0.25) is 0 Å². The largest absolute Gasteiger partial charge is 0.395 e. The van der Waals surface area contributed by atoms with Gasteiger partial charge in [-0.2, -0.15) is 0 Å². The highest BCUT2D eigenvalue weighted by Crippen LogP contribution is 2.31. The number of nitrogens with two attached hydrogens (primary N) is 2. The molecule has 2 nitrogen and oxygen atoms in total. The molecule has 72 valence electrons. The molecule has 4 N–H and O–H groups in total. The Morgan fingerprint density at radius 3 is 1.50 bits per heavy atom. The van der Waals surface area contributed by atoms with Crippen LogP contribution < -0.4 is 11.5 Å². The lowest BCUT2D eigenvalue weighted by Crippen LogP contribution is -2.02. The molecule has 0 fully saturated rings. The average molecular weight is 194 g/mol. The van der Waals surface area contributed by atoms with E-state index in [-0.39, 0.29) is 22.1 Å². The second kappa shape index (κ2) is 2.83. The summed E-state index contributed by atoms with van der Waals surface area (Å²) < 4.78 is 26.9. The van der Waals surface area contributed by atoms with Crippen LogP contribution in [0.25, 0.3) is 10.8 Å². The number of hydrogen-bond acceptors (Lipinski definition) is 2. The highest BCUT2D eigenvalue weighted by Gasteiger charge is 2.14. The molecular formula is C10H8F2N2. The summed E-state index contributed by atoms with van der Waals surface area (Å²) in [7, 11) is 0. The molecule has 0 aliphatic heterocycles. The van der Waals surface area contributed by atoms with E-state index in [2.05, 4.69) is 0 Å². The fourth-order valence-corrected chi connectivity index (χ4v) is 1.39. The molecule has 2 aromatic rings. The summed E-state index contributed by atoms with van der Waals surface area (Å²) in [5.41, 5.74) is 9.95. The van der Waals surface area contributed by atoms with Gasteiger partial charge in [0.2, 0.25) is 0 Å². The van der Waals surface area contributed by atoms with Crippen molar-refractivity contribution in [2.45, 2.75) is 0 Å². The Bertz CT molecular complexity index is 462. The third kappa shape index (κ3) is 1.00. The molecule has 0 radical (unpaired) electrons. The van der Waals surface area contributed by atoms with E-state index in [0.717, 1.165) is 0 Å². The van der Waals surface area contributed by atoms with E-state index in [1.54, 1.807) is 12.1 Å². The fraction of sp³-hybridized carbons (Fsp3) is 0. The van der Waals surface area contributed by atoms with Crippen LogP contribution in [0.15, 0.2) is 24.3 Å². The second-order valence-electron chi connectivity index (χ2n) is 3.00. The predicted molar refractivity (Wildman–Crippen MR) is 52.7 cm³/mol. The summed E-state index contributed by atoms with van der Waals surface area (Å²) in [4.78, 5) is 0. The lowest BCUT2D eigenvalue weighted by atomic mass is 10.1. The Hall–Kier alpha value is -1.84. The Labute approximate surface area is 79.1 Å². The molecule has 0 atom stereocenters. The second-order valence-corrected chi connectivity index (χ2v) is 3.00. The molecule has 0 aliphatic carbocycles. The van der Waals surface area contributed by atoms with Crippen LogP contribution in [0.5, 0.6) is 0 Å². The van der Waals surface area contributed by atoms with Crippen LogP contribution in [0.2, 0.25) is 0 Å². The first-order valence-corrected chi connectivity index (χ1v) is 4.03. The summed E-state index contributed by atoms with van der Waals surface area (Å²) in [5.74, 6) is -1.33. The maximum Gasteiger partial charge on any atom is 0.156 e. The number of anilines is 2. The number of hydrogen-bond donors (Lipinski definition) is 2. The van der Waals surface area contributed by atoms with E-state index in [1.165, 1.54) is 12.1 Å². The molecule has 0 spiro atoms. The quantitative estimate of drug-likeness (QED) is 0.632. The smallest absolute Gasteiger partial charge is 0.156 e. The van der Waals surface area contributed by atoms with E-state index in [0.29, 0.717) is 0 Å². The zero-order valence-electron chi connectivity index (χ0n) is 7.22. The first-order chi connectivity index (χ1) is 6.63. The van der Waals surface area contributed by atoms with Gasteiger partial charge < -0.3 is 11.5 Å². The van der Waals surface area contributed by atoms with Gasteiger partial charge in [0, 0.05) is 10.8 Å². The van der Waals surface area contributed by atoms with Crippen molar-refractivity contribution >= 4 is 22.1 Å². The molecule has 0 saturated carbocycles. The summed E-state index contributed by atoms with van der Waals surface area (Å²) in [5, 5.41) is 0.299. The van der Waals surface area contributed by atoms with Gasteiger partial charge in [0.15, 0.2) is 11.6 Å². The van der Waals surface area contributed by atoms with Gasteiger partial charge in [0.25, 0.3) is 0 Å². The minimum Gasteiger partial charge on any atom is -0.395 e. The van der Waals surface area contributed by atoms with Crippen LogP contribution in [0.4, 0.5) is 20.2 Å². The Kier molecular flexibility index (Phi) is 1.77. The molecular weight excluding hydrogens is 186 g/mol. The van der Waals surface area contributed by atoms with Crippen LogP contribution in [0.3, 0.4) is 0 Å². The normalized spacial score (nSPS) is 10.7. The van der Waals surface area contributed by atoms with Crippen LogP contribution in [-0.2, 0) is 0 Å². The minimum atomic E-state index is -0.667. The van der Waals surface area contributed by atoms with Crippen molar-refractivity contribution in [3.8, 4) is 0 Å². The standard InChI is InChI=1S/C10H8F2N2/c11-7-5-3-1-2-4-6(5)8(12)10(14)9(7)13/h1-4H,13-14H2. The van der Waals surface area contributed by atoms with Crippen LogP contribution >= 0.6 is 0 Å². The number of rotatable bonds is 0. The number of benzene rings is 2. The molecule has 0 aliphatic rings. The monoisotopic (exact) mass is 194 g/mol. The highest BCUT2D eigenvalue weighted by atomic mass is 19.1. The highest BCUT2D eigenvalue weighted by molar-refractivity contribution is 5.92. The summed E-state index contributed by atoms with van der Waals surface area (Å²) >= 11 is 0. The third-order valence-electron chi connectivity index (χ3n) is 2.16. The van der Waals surface area contributed by atoms with Gasteiger partial charge in [0.1, 0.15) is 0 Å². The van der Waals surface area contributed by atoms with Crippen LogP contribution in [0.1, 0.15) is 0 Å². The first-order valence-electron chi connectivity index (χ1n) is 4.03. The van der Waals surface area contributed by atoms with Gasteiger partial charge in [0.05, 0.1) is 11.4 Å². The maximum atomic E-state index is 13.5. The molecule has 4 heteroatoms. The van der Waals surface area contributed by atoms with E-state index in [4.69, 9.17) is 11.5 Å². The van der Waals surface area contributed by atoms with E-state index >= 15 is 0 Å². The third-order valence-corrected chi connectivity index (χ3v) is 2.16. The molecule has 2 rings (SSSR count). The summed E-state index contributed by atoms with van der Waals surface area (Å²) in [6.45, 7) is 0. The van der Waals surface area contributed by atoms with Crippen molar-refractivity contribution in [2.75, 3.05) is 11.5 Å². The molecule has 0 unspecified atom stereocenters. The average Bonchev–Trinajstić information content (AvgIpc) is 2.23. The Balaban J connectivity index is 3.02. The van der Waals surface area contributed by atoms with Crippen molar-refractivity contribution in [1.29, 1.82) is 0 Å². The number of fused-ring (bicyclic) bond motifs is 1. The molecule has 0 amide bonds. The summed E-state index contributed by atoms with van der Waals surface area (Å²) in [6, 6.07) is 6.15. The molecule has 0 heterocycles. The zero-order valence-corrected chi connectivity index (χ0v) is 7.22. The zero-order chi connectivity index (χ0) is 10.3. The molecule has 14 heavy (non-hydrogen) atoms. The molecule has 2 aromatic carbocycles. The van der Waals surface area contributed by atoms with Gasteiger partial charge in [-0.15, -0.1) is 0 Å².